The number of carbonyl (C=O) groups excluding carboxylic acids is 1. The van der Waals surface area contributed by atoms with Crippen LogP contribution in [0.4, 0.5) is 0 Å². The fourth-order valence-corrected chi connectivity index (χ4v) is 8.04. The average molecular weight is 832 g/mol. The van der Waals surface area contributed by atoms with Gasteiger partial charge in [-0.15, -0.1) is 0 Å². The van der Waals surface area contributed by atoms with E-state index >= 15 is 0 Å². The molecule has 0 heterocycles. The second kappa shape index (κ2) is 42.2. The van der Waals surface area contributed by atoms with Gasteiger partial charge in [-0.25, -0.2) is 0 Å². The number of hydrogen-bond donors (Lipinski definition) is 0. The fraction of sp³-hybridized carbons (Fsp3) is 0.979. The molecule has 0 radical (unpaired) electrons. The molecule has 0 rings (SSSR count). The summed E-state index contributed by atoms with van der Waals surface area (Å²) < 4.78 is 34.6. The first-order valence-electron chi connectivity index (χ1n) is 24.8. The normalized spacial score (nSPS) is 13.6. The Hall–Kier alpha value is -0.500. The SMILES string of the molecule is CCCCCCCCCCCCCCCCCCCCCCCCCCC(=O)OC(COCCCCCCCCCCCCC)COP(=O)([O-])OCC[N+](C)(C)C. The van der Waals surface area contributed by atoms with Gasteiger partial charge in [-0.2, -0.15) is 0 Å². The predicted octanol–water partition coefficient (Wildman–Crippen LogP) is 14.2. The lowest BCUT2D eigenvalue weighted by atomic mass is 10.0. The first-order valence-corrected chi connectivity index (χ1v) is 26.2. The Morgan fingerprint density at radius 3 is 1.16 bits per heavy atom. The molecule has 0 amide bonds. The monoisotopic (exact) mass is 832 g/mol. The van der Waals surface area contributed by atoms with Crippen LogP contribution in [0.5, 0.6) is 0 Å². The second-order valence-electron chi connectivity index (χ2n) is 18.2. The molecule has 0 aliphatic rings. The van der Waals surface area contributed by atoms with E-state index in [2.05, 4.69) is 13.8 Å². The van der Waals surface area contributed by atoms with Crippen LogP contribution in [-0.4, -0.2) is 70.7 Å². The number of carbonyl (C=O) groups is 1. The van der Waals surface area contributed by atoms with Crippen LogP contribution in [0, 0.1) is 0 Å². The van der Waals surface area contributed by atoms with E-state index in [0.29, 0.717) is 24.1 Å². The molecular weight excluding hydrogens is 734 g/mol. The smallest absolute Gasteiger partial charge is 0.306 e. The van der Waals surface area contributed by atoms with Crippen LogP contribution < -0.4 is 4.89 Å². The summed E-state index contributed by atoms with van der Waals surface area (Å²) in [6.45, 7) is 5.47. The van der Waals surface area contributed by atoms with Crippen molar-refractivity contribution in [2.24, 2.45) is 0 Å². The topological polar surface area (TPSA) is 94.1 Å². The van der Waals surface area contributed by atoms with Gasteiger partial charge in [0, 0.05) is 13.0 Å². The minimum atomic E-state index is -4.52. The molecular formula is C48H98NO7P. The molecule has 0 aromatic carbocycles. The summed E-state index contributed by atoms with van der Waals surface area (Å²) in [6.07, 6.45) is 45.6. The molecule has 0 saturated carbocycles. The van der Waals surface area contributed by atoms with E-state index in [1.807, 2.05) is 21.1 Å². The molecule has 0 bridgehead atoms. The van der Waals surface area contributed by atoms with Gasteiger partial charge in [-0.1, -0.05) is 226 Å². The van der Waals surface area contributed by atoms with Gasteiger partial charge in [0.1, 0.15) is 19.3 Å². The van der Waals surface area contributed by atoms with Gasteiger partial charge in [0.05, 0.1) is 34.4 Å². The van der Waals surface area contributed by atoms with Crippen molar-refractivity contribution < 1.29 is 37.3 Å². The van der Waals surface area contributed by atoms with Crippen molar-refractivity contribution in [2.75, 3.05) is 54.1 Å². The zero-order chi connectivity index (χ0) is 42.0. The Labute approximate surface area is 355 Å². The van der Waals surface area contributed by atoms with Crippen LogP contribution in [0.1, 0.15) is 245 Å². The summed E-state index contributed by atoms with van der Waals surface area (Å²) in [4.78, 5) is 25.1. The van der Waals surface area contributed by atoms with Crippen molar-refractivity contribution in [3.8, 4) is 0 Å². The summed E-state index contributed by atoms with van der Waals surface area (Å²) >= 11 is 0. The van der Waals surface area contributed by atoms with Crippen LogP contribution in [0.3, 0.4) is 0 Å². The molecule has 0 spiro atoms. The maximum absolute atomic E-state index is 12.7. The molecule has 0 aromatic heterocycles. The summed E-state index contributed by atoms with van der Waals surface area (Å²) in [6, 6.07) is 0. The fourth-order valence-electron chi connectivity index (χ4n) is 7.31. The van der Waals surface area contributed by atoms with Crippen molar-refractivity contribution in [1.29, 1.82) is 0 Å². The standard InChI is InChI=1S/C48H98NO7P/c1-6-8-10-12-14-16-18-19-20-21-22-23-24-25-26-27-28-29-30-31-33-35-37-39-41-48(50)56-47(46-55-57(51,52)54-44-42-49(3,4)5)45-53-43-40-38-36-34-32-17-15-13-11-9-7-2/h47H,6-46H2,1-5H3. The van der Waals surface area contributed by atoms with Crippen LogP contribution in [0.25, 0.3) is 0 Å². The van der Waals surface area contributed by atoms with Crippen molar-refractivity contribution in [2.45, 2.75) is 251 Å². The molecule has 2 atom stereocenters. The van der Waals surface area contributed by atoms with E-state index < -0.39 is 13.9 Å². The van der Waals surface area contributed by atoms with Crippen LogP contribution in [0.15, 0.2) is 0 Å². The third-order valence-electron chi connectivity index (χ3n) is 11.2. The molecule has 0 aromatic rings. The molecule has 342 valence electrons. The van der Waals surface area contributed by atoms with Gasteiger partial charge in [0.25, 0.3) is 7.82 Å². The Morgan fingerprint density at radius 1 is 0.474 bits per heavy atom. The molecule has 0 aliphatic carbocycles. The lowest BCUT2D eigenvalue weighted by Gasteiger charge is -2.28. The molecule has 0 N–H and O–H groups in total. The predicted molar refractivity (Wildman–Crippen MR) is 241 cm³/mol. The average Bonchev–Trinajstić information content (AvgIpc) is 3.16. The quantitative estimate of drug-likeness (QED) is 0.0261. The van der Waals surface area contributed by atoms with Gasteiger partial charge in [0.15, 0.2) is 0 Å². The first kappa shape index (κ1) is 56.5. The Kier molecular flexibility index (Phi) is 41.8. The number of esters is 1. The number of ether oxygens (including phenoxy) is 2. The minimum absolute atomic E-state index is 0.0314. The highest BCUT2D eigenvalue weighted by molar-refractivity contribution is 7.45. The van der Waals surface area contributed by atoms with Gasteiger partial charge in [0.2, 0.25) is 0 Å². The molecule has 0 aliphatic heterocycles. The maximum atomic E-state index is 12.7. The van der Waals surface area contributed by atoms with E-state index in [-0.39, 0.29) is 25.8 Å². The highest BCUT2D eigenvalue weighted by Gasteiger charge is 2.20. The summed E-state index contributed by atoms with van der Waals surface area (Å²) in [5.41, 5.74) is 0. The van der Waals surface area contributed by atoms with E-state index in [0.717, 1.165) is 32.1 Å². The second-order valence-corrected chi connectivity index (χ2v) is 19.6. The molecule has 0 saturated heterocycles. The highest BCUT2D eigenvalue weighted by atomic mass is 31.2. The van der Waals surface area contributed by atoms with Crippen LogP contribution in [0.2, 0.25) is 0 Å². The number of likely N-dealkylation sites (N-methyl/N-ethyl adjacent to an activating group) is 1. The minimum Gasteiger partial charge on any atom is -0.756 e. The number of hydrogen-bond acceptors (Lipinski definition) is 7. The maximum Gasteiger partial charge on any atom is 0.306 e. The highest BCUT2D eigenvalue weighted by Crippen LogP contribution is 2.38. The van der Waals surface area contributed by atoms with Gasteiger partial charge in [-0.05, 0) is 12.8 Å². The summed E-state index contributed by atoms with van der Waals surface area (Å²) in [5.74, 6) is -0.327. The van der Waals surface area contributed by atoms with Crippen LogP contribution in [-0.2, 0) is 27.9 Å². The van der Waals surface area contributed by atoms with Gasteiger partial charge >= 0.3 is 5.97 Å². The first-order chi connectivity index (χ1) is 27.6. The Bertz CT molecular complexity index is 883. The number of quaternary nitrogens is 1. The molecule has 2 unspecified atom stereocenters. The third-order valence-corrected chi connectivity index (χ3v) is 12.1. The number of phosphoric ester groups is 1. The Balaban J connectivity index is 4.00. The number of rotatable bonds is 47. The number of unbranched alkanes of at least 4 members (excludes halogenated alkanes) is 33. The number of phosphoric acid groups is 1. The lowest BCUT2D eigenvalue weighted by Crippen LogP contribution is -2.37. The largest absolute Gasteiger partial charge is 0.756 e. The van der Waals surface area contributed by atoms with Crippen molar-refractivity contribution in [3.05, 3.63) is 0 Å². The van der Waals surface area contributed by atoms with Gasteiger partial charge in [-0.3, -0.25) is 9.36 Å². The van der Waals surface area contributed by atoms with Crippen molar-refractivity contribution in [3.63, 3.8) is 0 Å². The lowest BCUT2D eigenvalue weighted by molar-refractivity contribution is -0.870. The third kappa shape index (κ3) is 46.4. The van der Waals surface area contributed by atoms with E-state index in [1.54, 1.807) is 0 Å². The molecule has 0 fully saturated rings. The van der Waals surface area contributed by atoms with Crippen molar-refractivity contribution >= 4 is 13.8 Å². The van der Waals surface area contributed by atoms with E-state index in [9.17, 15) is 14.3 Å². The van der Waals surface area contributed by atoms with Crippen molar-refractivity contribution in [1.82, 2.24) is 0 Å². The van der Waals surface area contributed by atoms with Gasteiger partial charge < -0.3 is 27.9 Å². The van der Waals surface area contributed by atoms with E-state index in [4.69, 9.17) is 18.5 Å². The summed E-state index contributed by atoms with van der Waals surface area (Å²) in [5, 5.41) is 0. The molecule has 8 nitrogen and oxygen atoms in total. The molecule has 57 heavy (non-hydrogen) atoms. The van der Waals surface area contributed by atoms with Crippen LogP contribution >= 0.6 is 7.82 Å². The Morgan fingerprint density at radius 2 is 0.807 bits per heavy atom. The number of nitrogens with zero attached hydrogens (tertiary/aromatic N) is 1. The van der Waals surface area contributed by atoms with E-state index in [1.165, 1.54) is 193 Å². The summed E-state index contributed by atoms with van der Waals surface area (Å²) in [7, 11) is 1.38. The zero-order valence-corrected chi connectivity index (χ0v) is 39.7. The zero-order valence-electron chi connectivity index (χ0n) is 38.8. The molecule has 9 heteroatoms.